The molecular weight excluding hydrogens is 498 g/mol. The molecule has 0 aliphatic heterocycles. The van der Waals surface area contributed by atoms with E-state index in [1.165, 1.54) is 6.21 Å². The van der Waals surface area contributed by atoms with Gasteiger partial charge in [0.15, 0.2) is 0 Å². The van der Waals surface area contributed by atoms with Crippen LogP contribution in [-0.4, -0.2) is 24.0 Å². The highest BCUT2D eigenvalue weighted by atomic mass is 79.9. The minimum atomic E-state index is -0.943. The number of hydrazone groups is 1. The van der Waals surface area contributed by atoms with Crippen LogP contribution in [0.2, 0.25) is 0 Å². The maximum absolute atomic E-state index is 12.4. The van der Waals surface area contributed by atoms with Crippen LogP contribution < -0.4 is 15.5 Å². The first-order chi connectivity index (χ1) is 16.5. The largest absolute Gasteiger partial charge is 0.422 e. The van der Waals surface area contributed by atoms with Crippen LogP contribution in [0.4, 0.5) is 5.69 Å². The van der Waals surface area contributed by atoms with E-state index in [0.717, 1.165) is 10.8 Å². The quantitative estimate of drug-likeness (QED) is 0.130. The molecule has 0 aliphatic rings. The van der Waals surface area contributed by atoms with Gasteiger partial charge in [0.05, 0.1) is 11.8 Å². The van der Waals surface area contributed by atoms with Gasteiger partial charge in [0, 0.05) is 21.1 Å². The van der Waals surface area contributed by atoms with Gasteiger partial charge in [-0.1, -0.05) is 70.5 Å². The summed E-state index contributed by atoms with van der Waals surface area (Å²) in [4.78, 5) is 37.0. The van der Waals surface area contributed by atoms with Crippen LogP contribution in [0.1, 0.15) is 15.9 Å². The molecule has 0 spiro atoms. The summed E-state index contributed by atoms with van der Waals surface area (Å²) < 4.78 is 6.18. The molecule has 168 valence electrons. The Morgan fingerprint density at radius 2 is 1.56 bits per heavy atom. The number of esters is 1. The van der Waals surface area contributed by atoms with E-state index in [2.05, 4.69) is 31.8 Å². The Morgan fingerprint density at radius 1 is 0.824 bits per heavy atom. The van der Waals surface area contributed by atoms with Crippen LogP contribution in [0.3, 0.4) is 0 Å². The lowest BCUT2D eigenvalue weighted by Crippen LogP contribution is -2.32. The number of carbonyl (C=O) groups is 3. The van der Waals surface area contributed by atoms with Gasteiger partial charge in [-0.25, -0.2) is 10.2 Å². The number of nitrogens with zero attached hydrogens (tertiary/aromatic N) is 1. The molecule has 0 saturated carbocycles. The van der Waals surface area contributed by atoms with E-state index in [9.17, 15) is 14.4 Å². The van der Waals surface area contributed by atoms with Crippen molar-refractivity contribution in [2.24, 2.45) is 5.10 Å². The fourth-order valence-electron chi connectivity index (χ4n) is 3.17. The zero-order valence-electron chi connectivity index (χ0n) is 17.7. The molecule has 34 heavy (non-hydrogen) atoms. The molecule has 0 atom stereocenters. The number of halogens is 1. The monoisotopic (exact) mass is 515 g/mol. The van der Waals surface area contributed by atoms with E-state index in [1.807, 2.05) is 30.3 Å². The summed E-state index contributed by atoms with van der Waals surface area (Å²) in [7, 11) is 0. The van der Waals surface area contributed by atoms with Crippen molar-refractivity contribution >= 4 is 56.4 Å². The Labute approximate surface area is 203 Å². The van der Waals surface area contributed by atoms with E-state index < -0.39 is 17.8 Å². The summed E-state index contributed by atoms with van der Waals surface area (Å²) in [6, 6.07) is 26.5. The van der Waals surface area contributed by atoms with Crippen LogP contribution in [0, 0.1) is 0 Å². The molecule has 4 aromatic rings. The minimum absolute atomic E-state index is 0.246. The lowest BCUT2D eigenvalue weighted by atomic mass is 10.1. The Kier molecular flexibility index (Phi) is 7.10. The standard InChI is InChI=1S/C26H18BrN3O4/c27-20-13-14-23(34-26(33)18-8-2-1-3-9-18)19(15-20)16-28-30-25(32)24(31)29-22-12-6-10-17-7-4-5-11-21(17)22/h1-16H,(H,29,31)(H,30,32)/b28-16+. The van der Waals surface area contributed by atoms with E-state index in [0.29, 0.717) is 21.3 Å². The van der Waals surface area contributed by atoms with Gasteiger partial charge < -0.3 is 10.1 Å². The van der Waals surface area contributed by atoms with E-state index >= 15 is 0 Å². The first-order valence-corrected chi connectivity index (χ1v) is 11.0. The third-order valence-corrected chi connectivity index (χ3v) is 5.29. The zero-order valence-corrected chi connectivity index (χ0v) is 19.3. The van der Waals surface area contributed by atoms with Gasteiger partial charge in [-0.05, 0) is 41.8 Å². The van der Waals surface area contributed by atoms with Gasteiger partial charge in [0.1, 0.15) is 5.75 Å². The molecule has 0 aliphatic carbocycles. The van der Waals surface area contributed by atoms with Crippen molar-refractivity contribution in [2.75, 3.05) is 5.32 Å². The van der Waals surface area contributed by atoms with Crippen molar-refractivity contribution in [3.63, 3.8) is 0 Å². The van der Waals surface area contributed by atoms with Crippen molar-refractivity contribution in [2.45, 2.75) is 0 Å². The first-order valence-electron chi connectivity index (χ1n) is 10.2. The second kappa shape index (κ2) is 10.5. The average Bonchev–Trinajstić information content (AvgIpc) is 2.86. The molecule has 8 heteroatoms. The number of ether oxygens (including phenoxy) is 1. The van der Waals surface area contributed by atoms with E-state index in [-0.39, 0.29) is 5.75 Å². The Balaban J connectivity index is 1.43. The molecule has 4 rings (SSSR count). The van der Waals surface area contributed by atoms with Crippen LogP contribution in [0.5, 0.6) is 5.75 Å². The molecule has 4 aromatic carbocycles. The maximum atomic E-state index is 12.4. The summed E-state index contributed by atoms with van der Waals surface area (Å²) in [5, 5.41) is 8.20. The lowest BCUT2D eigenvalue weighted by Gasteiger charge is -2.09. The Hall–Kier alpha value is -4.30. The average molecular weight is 516 g/mol. The smallest absolute Gasteiger partial charge is 0.343 e. The third kappa shape index (κ3) is 5.54. The molecular formula is C26H18BrN3O4. The number of amides is 2. The number of carbonyl (C=O) groups excluding carboxylic acids is 3. The van der Waals surface area contributed by atoms with Gasteiger partial charge in [0.2, 0.25) is 0 Å². The van der Waals surface area contributed by atoms with Crippen molar-refractivity contribution in [3.05, 3.63) is 107 Å². The van der Waals surface area contributed by atoms with E-state index in [1.54, 1.807) is 60.7 Å². The topological polar surface area (TPSA) is 96.9 Å². The van der Waals surface area contributed by atoms with Gasteiger partial charge in [-0.15, -0.1) is 0 Å². The zero-order chi connectivity index (χ0) is 23.9. The lowest BCUT2D eigenvalue weighted by molar-refractivity contribution is -0.136. The number of rotatable bonds is 5. The normalized spacial score (nSPS) is 10.7. The van der Waals surface area contributed by atoms with Crippen molar-refractivity contribution in [1.82, 2.24) is 5.43 Å². The van der Waals surface area contributed by atoms with Crippen molar-refractivity contribution in [1.29, 1.82) is 0 Å². The molecule has 0 radical (unpaired) electrons. The second-order valence-electron chi connectivity index (χ2n) is 7.12. The molecule has 0 fully saturated rings. The molecule has 0 saturated heterocycles. The number of hydrogen-bond acceptors (Lipinski definition) is 5. The van der Waals surface area contributed by atoms with Gasteiger partial charge >= 0.3 is 17.8 Å². The van der Waals surface area contributed by atoms with Crippen LogP contribution >= 0.6 is 15.9 Å². The van der Waals surface area contributed by atoms with Crippen LogP contribution in [0.15, 0.2) is 101 Å². The maximum Gasteiger partial charge on any atom is 0.343 e. The molecule has 2 amide bonds. The highest BCUT2D eigenvalue weighted by Crippen LogP contribution is 2.24. The number of benzene rings is 4. The summed E-state index contributed by atoms with van der Waals surface area (Å²) in [5.41, 5.74) is 3.53. The summed E-state index contributed by atoms with van der Waals surface area (Å²) in [6.07, 6.45) is 1.29. The summed E-state index contributed by atoms with van der Waals surface area (Å²) in [6.45, 7) is 0. The van der Waals surface area contributed by atoms with E-state index in [4.69, 9.17) is 4.74 Å². The Morgan fingerprint density at radius 3 is 2.38 bits per heavy atom. The minimum Gasteiger partial charge on any atom is -0.422 e. The fourth-order valence-corrected chi connectivity index (χ4v) is 3.55. The molecule has 0 bridgehead atoms. The molecule has 0 heterocycles. The van der Waals surface area contributed by atoms with Crippen LogP contribution in [-0.2, 0) is 9.59 Å². The van der Waals surface area contributed by atoms with Crippen LogP contribution in [0.25, 0.3) is 10.8 Å². The van der Waals surface area contributed by atoms with Gasteiger partial charge in [-0.2, -0.15) is 5.10 Å². The number of hydrogen-bond donors (Lipinski definition) is 2. The molecule has 7 nitrogen and oxygen atoms in total. The number of anilines is 1. The van der Waals surface area contributed by atoms with Crippen molar-refractivity contribution < 1.29 is 19.1 Å². The number of fused-ring (bicyclic) bond motifs is 1. The predicted molar refractivity (Wildman–Crippen MR) is 134 cm³/mol. The summed E-state index contributed by atoms with van der Waals surface area (Å²) >= 11 is 3.35. The van der Waals surface area contributed by atoms with Gasteiger partial charge in [-0.3, -0.25) is 9.59 Å². The molecule has 0 aromatic heterocycles. The third-order valence-electron chi connectivity index (χ3n) is 4.80. The number of nitrogens with one attached hydrogen (secondary N) is 2. The highest BCUT2D eigenvalue weighted by Gasteiger charge is 2.15. The molecule has 2 N–H and O–H groups in total. The predicted octanol–water partition coefficient (Wildman–Crippen LogP) is 4.91. The van der Waals surface area contributed by atoms with Gasteiger partial charge in [0.25, 0.3) is 0 Å². The molecule has 0 unspecified atom stereocenters. The fraction of sp³-hybridized carbons (Fsp3) is 0. The Bertz CT molecular complexity index is 1400. The highest BCUT2D eigenvalue weighted by molar-refractivity contribution is 9.10. The first kappa shape index (κ1) is 22.9. The van der Waals surface area contributed by atoms with Crippen molar-refractivity contribution in [3.8, 4) is 5.75 Å². The second-order valence-corrected chi connectivity index (χ2v) is 8.03. The summed E-state index contributed by atoms with van der Waals surface area (Å²) in [5.74, 6) is -2.09. The SMILES string of the molecule is O=C(N/N=C/c1cc(Br)ccc1OC(=O)c1ccccc1)C(=O)Nc1cccc2ccccc12.